The van der Waals surface area contributed by atoms with Gasteiger partial charge in [0.15, 0.2) is 0 Å². The van der Waals surface area contributed by atoms with Crippen LogP contribution in [0.15, 0.2) is 24.4 Å². The highest BCUT2D eigenvalue weighted by molar-refractivity contribution is 5.76. The van der Waals surface area contributed by atoms with Crippen molar-refractivity contribution in [2.75, 3.05) is 7.11 Å². The zero-order chi connectivity index (χ0) is 14.8. The van der Waals surface area contributed by atoms with Crippen molar-refractivity contribution in [3.05, 3.63) is 24.4 Å². The minimum absolute atomic E-state index is 0.145. The summed E-state index contributed by atoms with van der Waals surface area (Å²) in [6.07, 6.45) is 5.62. The van der Waals surface area contributed by atoms with E-state index in [1.807, 2.05) is 18.2 Å². The molecule has 1 fully saturated rings. The molecule has 0 aromatic carbocycles. The van der Waals surface area contributed by atoms with Gasteiger partial charge in [-0.2, -0.15) is 0 Å². The van der Waals surface area contributed by atoms with Gasteiger partial charge < -0.3 is 14.4 Å². The highest BCUT2D eigenvalue weighted by Gasteiger charge is 2.26. The largest absolute Gasteiger partial charge is 0.481 e. The second-order valence-corrected chi connectivity index (χ2v) is 5.78. The van der Waals surface area contributed by atoms with Gasteiger partial charge in [0, 0.05) is 18.8 Å². The van der Waals surface area contributed by atoms with E-state index in [9.17, 15) is 4.79 Å². The molecule has 112 valence electrons. The zero-order valence-electron chi connectivity index (χ0n) is 12.2. The highest BCUT2D eigenvalue weighted by atomic mass is 16.5. The first-order valence-corrected chi connectivity index (χ1v) is 7.40. The maximum Gasteiger partial charge on any atom is 0.306 e. The van der Waals surface area contributed by atoms with Crippen LogP contribution in [-0.4, -0.2) is 27.7 Å². The van der Waals surface area contributed by atoms with Gasteiger partial charge in [-0.15, -0.1) is 0 Å². The fraction of sp³-hybridized carbons (Fsp3) is 0.500. The lowest BCUT2D eigenvalue weighted by atomic mass is 9.82. The van der Waals surface area contributed by atoms with Gasteiger partial charge in [0.1, 0.15) is 0 Å². The third-order valence-corrected chi connectivity index (χ3v) is 4.46. The number of aliphatic carboxylic acids is 1. The molecule has 0 saturated heterocycles. The smallest absolute Gasteiger partial charge is 0.306 e. The van der Waals surface area contributed by atoms with Gasteiger partial charge in [-0.05, 0) is 43.7 Å². The molecule has 1 saturated carbocycles. The van der Waals surface area contributed by atoms with Crippen molar-refractivity contribution in [2.24, 2.45) is 11.8 Å². The zero-order valence-corrected chi connectivity index (χ0v) is 12.2. The molecule has 2 aromatic rings. The Hall–Kier alpha value is -2.04. The minimum Gasteiger partial charge on any atom is -0.481 e. The van der Waals surface area contributed by atoms with Gasteiger partial charge in [-0.1, -0.05) is 0 Å². The van der Waals surface area contributed by atoms with E-state index in [-0.39, 0.29) is 5.92 Å². The number of ether oxygens (including phenoxy) is 1. The lowest BCUT2D eigenvalue weighted by Gasteiger charge is -2.26. The molecule has 1 aliphatic rings. The van der Waals surface area contributed by atoms with Gasteiger partial charge in [0.05, 0.1) is 24.1 Å². The highest BCUT2D eigenvalue weighted by Crippen LogP contribution is 2.31. The molecule has 1 aliphatic carbocycles. The van der Waals surface area contributed by atoms with Crippen LogP contribution in [0.3, 0.4) is 0 Å². The van der Waals surface area contributed by atoms with E-state index >= 15 is 0 Å². The summed E-state index contributed by atoms with van der Waals surface area (Å²) in [5, 5.41) is 9.05. The predicted octanol–water partition coefficient (Wildman–Crippen LogP) is 2.94. The molecule has 0 unspecified atom stereocenters. The van der Waals surface area contributed by atoms with E-state index in [2.05, 4.69) is 15.7 Å². The standard InChI is InChI=1S/C16H20N2O3/c1-21-15-7-6-14-13(17-15)8-9-18(14)10-11-2-4-12(5-3-11)16(19)20/h6-9,11-12H,2-5,10H2,1H3,(H,19,20). The first kappa shape index (κ1) is 13.9. The van der Waals surface area contributed by atoms with Crippen LogP contribution in [0.1, 0.15) is 25.7 Å². The number of fused-ring (bicyclic) bond motifs is 1. The summed E-state index contributed by atoms with van der Waals surface area (Å²) < 4.78 is 7.36. The van der Waals surface area contributed by atoms with Gasteiger partial charge in [0.2, 0.25) is 5.88 Å². The number of aromatic nitrogens is 2. The molecule has 5 nitrogen and oxygen atoms in total. The summed E-state index contributed by atoms with van der Waals surface area (Å²) in [5.74, 6) is 0.394. The van der Waals surface area contributed by atoms with Crippen molar-refractivity contribution >= 4 is 17.0 Å². The summed E-state index contributed by atoms with van der Waals surface area (Å²) in [7, 11) is 1.62. The minimum atomic E-state index is -0.642. The van der Waals surface area contributed by atoms with E-state index in [1.165, 1.54) is 0 Å². The molecule has 1 N–H and O–H groups in total. The average Bonchev–Trinajstić information content (AvgIpc) is 2.90. The maximum absolute atomic E-state index is 11.0. The van der Waals surface area contributed by atoms with Gasteiger partial charge >= 0.3 is 5.97 Å². The number of hydrogen-bond donors (Lipinski definition) is 1. The van der Waals surface area contributed by atoms with Crippen molar-refractivity contribution in [3.63, 3.8) is 0 Å². The predicted molar refractivity (Wildman–Crippen MR) is 79.4 cm³/mol. The first-order valence-electron chi connectivity index (χ1n) is 7.40. The van der Waals surface area contributed by atoms with Crippen molar-refractivity contribution in [1.82, 2.24) is 9.55 Å². The number of hydrogen-bond acceptors (Lipinski definition) is 3. The number of carboxylic acid groups (broad SMARTS) is 1. The van der Waals surface area contributed by atoms with Gasteiger partial charge in [0.25, 0.3) is 0 Å². The SMILES string of the molecule is COc1ccc2c(ccn2CC2CCC(C(=O)O)CC2)n1. The molecular weight excluding hydrogens is 268 g/mol. The third kappa shape index (κ3) is 2.86. The Kier molecular flexibility index (Phi) is 3.82. The maximum atomic E-state index is 11.0. The summed E-state index contributed by atoms with van der Waals surface area (Å²) in [4.78, 5) is 15.4. The molecular formula is C16H20N2O3. The Morgan fingerprint density at radius 2 is 2.10 bits per heavy atom. The van der Waals surface area contributed by atoms with Gasteiger partial charge in [-0.25, -0.2) is 4.98 Å². The van der Waals surface area contributed by atoms with E-state index in [0.29, 0.717) is 11.8 Å². The number of pyridine rings is 1. The molecule has 2 aromatic heterocycles. The van der Waals surface area contributed by atoms with Crippen LogP contribution in [0, 0.1) is 11.8 Å². The second-order valence-electron chi connectivity index (χ2n) is 5.78. The summed E-state index contributed by atoms with van der Waals surface area (Å²) in [6.45, 7) is 0.934. The molecule has 0 amide bonds. The lowest BCUT2D eigenvalue weighted by Crippen LogP contribution is -2.23. The molecule has 0 radical (unpaired) electrons. The van der Waals surface area contributed by atoms with Crippen molar-refractivity contribution in [2.45, 2.75) is 32.2 Å². The van der Waals surface area contributed by atoms with E-state index in [1.54, 1.807) is 7.11 Å². The van der Waals surface area contributed by atoms with E-state index in [4.69, 9.17) is 9.84 Å². The number of nitrogens with zero attached hydrogens (tertiary/aromatic N) is 2. The lowest BCUT2D eigenvalue weighted by molar-refractivity contribution is -0.143. The molecule has 3 rings (SSSR count). The quantitative estimate of drug-likeness (QED) is 0.939. The van der Waals surface area contributed by atoms with Crippen LogP contribution in [-0.2, 0) is 11.3 Å². The summed E-state index contributed by atoms with van der Waals surface area (Å²) >= 11 is 0. The van der Waals surface area contributed by atoms with Gasteiger partial charge in [-0.3, -0.25) is 4.79 Å². The number of carbonyl (C=O) groups is 1. The summed E-state index contributed by atoms with van der Waals surface area (Å²) in [5.41, 5.74) is 2.05. The average molecular weight is 288 g/mol. The van der Waals surface area contributed by atoms with Crippen molar-refractivity contribution in [3.8, 4) is 5.88 Å². The van der Waals surface area contributed by atoms with Crippen LogP contribution >= 0.6 is 0 Å². The van der Waals surface area contributed by atoms with Crippen LogP contribution < -0.4 is 4.74 Å². The van der Waals surface area contributed by atoms with E-state index < -0.39 is 5.97 Å². The Morgan fingerprint density at radius 1 is 1.33 bits per heavy atom. The molecule has 0 aliphatic heterocycles. The number of carboxylic acids is 1. The first-order chi connectivity index (χ1) is 10.2. The van der Waals surface area contributed by atoms with Crippen LogP contribution in [0.5, 0.6) is 5.88 Å². The molecule has 5 heteroatoms. The molecule has 0 bridgehead atoms. The molecule has 2 heterocycles. The molecule has 0 spiro atoms. The fourth-order valence-corrected chi connectivity index (χ4v) is 3.20. The monoisotopic (exact) mass is 288 g/mol. The Labute approximate surface area is 123 Å². The van der Waals surface area contributed by atoms with Crippen molar-refractivity contribution in [1.29, 1.82) is 0 Å². The second kappa shape index (κ2) is 5.76. The van der Waals surface area contributed by atoms with Crippen molar-refractivity contribution < 1.29 is 14.6 Å². The Bertz CT molecular complexity index is 642. The Morgan fingerprint density at radius 3 is 2.76 bits per heavy atom. The summed E-state index contributed by atoms with van der Waals surface area (Å²) in [6, 6.07) is 5.91. The van der Waals surface area contributed by atoms with Crippen LogP contribution in [0.2, 0.25) is 0 Å². The van der Waals surface area contributed by atoms with E-state index in [0.717, 1.165) is 43.3 Å². The molecule has 0 atom stereocenters. The molecule has 21 heavy (non-hydrogen) atoms. The van der Waals surface area contributed by atoms with Crippen LogP contribution in [0.25, 0.3) is 11.0 Å². The normalized spacial score (nSPS) is 22.3. The number of methoxy groups -OCH3 is 1. The van der Waals surface area contributed by atoms with Crippen LogP contribution in [0.4, 0.5) is 0 Å². The topological polar surface area (TPSA) is 64.3 Å². The fourth-order valence-electron chi connectivity index (χ4n) is 3.20. The third-order valence-electron chi connectivity index (χ3n) is 4.46. The Balaban J connectivity index is 1.70. The number of rotatable bonds is 4.